The summed E-state index contributed by atoms with van der Waals surface area (Å²) >= 11 is 1.91. The predicted octanol–water partition coefficient (Wildman–Crippen LogP) is 6.35. The van der Waals surface area contributed by atoms with Crippen LogP contribution in [0.3, 0.4) is 0 Å². The highest BCUT2D eigenvalue weighted by atomic mass is 32.2. The average Bonchev–Trinajstić information content (AvgIpc) is 2.86. The molecule has 0 spiro atoms. The molecule has 3 aromatic rings. The Kier molecular flexibility index (Phi) is 6.13. The van der Waals surface area contributed by atoms with Gasteiger partial charge in [-0.2, -0.15) is 0 Å². The van der Waals surface area contributed by atoms with Gasteiger partial charge in [0.15, 0.2) is 0 Å². The zero-order valence-corrected chi connectivity index (χ0v) is 20.1. The lowest BCUT2D eigenvalue weighted by atomic mass is 9.71. The maximum absolute atomic E-state index is 10.7. The van der Waals surface area contributed by atoms with Crippen LogP contribution in [0.5, 0.6) is 0 Å². The largest absolute Gasteiger partial charge is 0.387 e. The first-order chi connectivity index (χ1) is 15.9. The number of hydrogen-bond donors (Lipinski definition) is 1. The van der Waals surface area contributed by atoms with Crippen molar-refractivity contribution in [1.29, 1.82) is 0 Å². The summed E-state index contributed by atoms with van der Waals surface area (Å²) in [6.07, 6.45) is 2.27. The van der Waals surface area contributed by atoms with Crippen LogP contribution in [0, 0.1) is 5.92 Å². The van der Waals surface area contributed by atoms with Crippen LogP contribution in [0.25, 0.3) is 0 Å². The summed E-state index contributed by atoms with van der Waals surface area (Å²) in [6, 6.07) is 32.3. The molecule has 1 aliphatic heterocycles. The van der Waals surface area contributed by atoms with E-state index in [0.717, 1.165) is 25.0 Å². The van der Waals surface area contributed by atoms with Gasteiger partial charge in [0.25, 0.3) is 0 Å². The standard InChI is InChI=1S/C29H32O3S/c1-27(30)19-18-25-20-26(27)31-32-28(25,2)21-33-29(22-12-6-3-7-13-22,23-14-8-4-9-15-23)24-16-10-5-11-17-24/h3-17,25-26,30H,18-21H2,1-2H3/t25-,26-,27-,28+/m1/s1. The quantitative estimate of drug-likeness (QED) is 0.344. The summed E-state index contributed by atoms with van der Waals surface area (Å²) in [5.41, 5.74) is 2.50. The van der Waals surface area contributed by atoms with E-state index in [4.69, 9.17) is 9.78 Å². The third-order valence-electron chi connectivity index (χ3n) is 7.53. The Morgan fingerprint density at radius 1 is 0.848 bits per heavy atom. The molecule has 3 aromatic carbocycles. The van der Waals surface area contributed by atoms with E-state index in [1.54, 1.807) is 0 Å². The topological polar surface area (TPSA) is 38.7 Å². The van der Waals surface area contributed by atoms with Gasteiger partial charge in [-0.15, -0.1) is 11.8 Å². The summed E-state index contributed by atoms with van der Waals surface area (Å²) in [7, 11) is 0. The molecule has 0 aromatic heterocycles. The third-order valence-corrected chi connectivity index (χ3v) is 9.38. The van der Waals surface area contributed by atoms with Crippen LogP contribution in [0.2, 0.25) is 0 Å². The second kappa shape index (κ2) is 8.92. The van der Waals surface area contributed by atoms with E-state index in [0.29, 0.717) is 5.92 Å². The van der Waals surface area contributed by atoms with Gasteiger partial charge in [0, 0.05) is 5.75 Å². The highest BCUT2D eigenvalue weighted by Gasteiger charge is 2.53. The molecule has 4 atom stereocenters. The molecule has 1 saturated carbocycles. The van der Waals surface area contributed by atoms with Gasteiger partial charge in [-0.3, -0.25) is 0 Å². The SMILES string of the molecule is C[C@@]1(O)CC[C@@H]2C[C@H]1OO[C@@]2(C)CSC(c1ccccc1)(c1ccccc1)c1ccccc1. The summed E-state index contributed by atoms with van der Waals surface area (Å²) in [4.78, 5) is 11.9. The van der Waals surface area contributed by atoms with Gasteiger partial charge in [-0.1, -0.05) is 91.0 Å². The van der Waals surface area contributed by atoms with Gasteiger partial charge in [0.05, 0.1) is 10.3 Å². The van der Waals surface area contributed by atoms with Crippen molar-refractivity contribution in [2.45, 2.75) is 55.2 Å². The van der Waals surface area contributed by atoms with E-state index in [9.17, 15) is 5.11 Å². The van der Waals surface area contributed by atoms with Gasteiger partial charge in [-0.05, 0) is 55.7 Å². The lowest BCUT2D eigenvalue weighted by molar-refractivity contribution is -0.441. The van der Waals surface area contributed by atoms with Gasteiger partial charge in [-0.25, -0.2) is 9.78 Å². The number of rotatable bonds is 6. The fourth-order valence-corrected chi connectivity index (χ4v) is 7.05. The van der Waals surface area contributed by atoms with Crippen LogP contribution in [0.15, 0.2) is 91.0 Å². The molecule has 2 aliphatic rings. The summed E-state index contributed by atoms with van der Waals surface area (Å²) in [5.74, 6) is 1.12. The van der Waals surface area contributed by atoms with Crippen molar-refractivity contribution in [2.24, 2.45) is 5.92 Å². The zero-order chi connectivity index (χ0) is 22.9. The number of aliphatic hydroxyl groups is 1. The van der Waals surface area contributed by atoms with Crippen LogP contribution in [0.1, 0.15) is 49.8 Å². The van der Waals surface area contributed by atoms with E-state index in [1.165, 1.54) is 16.7 Å². The first kappa shape index (κ1) is 22.7. The van der Waals surface area contributed by atoms with E-state index in [-0.39, 0.29) is 10.9 Å². The molecule has 0 radical (unpaired) electrons. The Labute approximate surface area is 201 Å². The van der Waals surface area contributed by atoms with E-state index >= 15 is 0 Å². The maximum atomic E-state index is 10.7. The van der Waals surface area contributed by atoms with Crippen molar-refractivity contribution >= 4 is 11.8 Å². The molecule has 0 amide bonds. The normalized spacial score (nSPS) is 29.5. The van der Waals surface area contributed by atoms with Crippen LogP contribution >= 0.6 is 11.8 Å². The lowest BCUT2D eigenvalue weighted by Gasteiger charge is -2.51. The molecule has 1 heterocycles. The summed E-state index contributed by atoms with van der Waals surface area (Å²) < 4.78 is -0.382. The number of benzene rings is 3. The molecule has 2 bridgehead atoms. The van der Waals surface area contributed by atoms with Crippen molar-refractivity contribution in [1.82, 2.24) is 0 Å². The molecule has 4 heteroatoms. The second-order valence-electron chi connectivity index (χ2n) is 9.88. The maximum Gasteiger partial charge on any atom is 0.122 e. The Balaban J connectivity index is 1.55. The number of hydrogen-bond acceptors (Lipinski definition) is 4. The van der Waals surface area contributed by atoms with Crippen molar-refractivity contribution < 1.29 is 14.9 Å². The zero-order valence-electron chi connectivity index (χ0n) is 19.3. The highest BCUT2D eigenvalue weighted by molar-refractivity contribution is 8.00. The molecular weight excluding hydrogens is 428 g/mol. The van der Waals surface area contributed by atoms with Gasteiger partial charge in [0.1, 0.15) is 11.7 Å². The minimum Gasteiger partial charge on any atom is -0.387 e. The van der Waals surface area contributed by atoms with Crippen molar-refractivity contribution in [3.63, 3.8) is 0 Å². The van der Waals surface area contributed by atoms with Crippen LogP contribution in [-0.2, 0) is 14.5 Å². The van der Waals surface area contributed by atoms with E-state index in [2.05, 4.69) is 97.9 Å². The Hall–Kier alpha value is -2.11. The molecular formula is C29H32O3S. The highest BCUT2D eigenvalue weighted by Crippen LogP contribution is 2.53. The van der Waals surface area contributed by atoms with Crippen molar-refractivity contribution in [2.75, 3.05) is 5.75 Å². The van der Waals surface area contributed by atoms with E-state index in [1.807, 2.05) is 18.7 Å². The molecule has 1 N–H and O–H groups in total. The van der Waals surface area contributed by atoms with Crippen LogP contribution in [-0.4, -0.2) is 28.2 Å². The van der Waals surface area contributed by atoms with Crippen molar-refractivity contribution in [3.05, 3.63) is 108 Å². The van der Waals surface area contributed by atoms with Gasteiger partial charge in [0.2, 0.25) is 0 Å². The van der Waals surface area contributed by atoms with Crippen LogP contribution < -0.4 is 0 Å². The minimum absolute atomic E-state index is 0.253. The second-order valence-corrected chi connectivity index (χ2v) is 11.1. The number of fused-ring (bicyclic) bond motifs is 2. The molecule has 3 nitrogen and oxygen atoms in total. The first-order valence-corrected chi connectivity index (χ1v) is 12.8. The molecule has 5 rings (SSSR count). The predicted molar refractivity (Wildman–Crippen MR) is 134 cm³/mol. The average molecular weight is 461 g/mol. The molecule has 0 unspecified atom stereocenters. The van der Waals surface area contributed by atoms with E-state index < -0.39 is 11.2 Å². The molecule has 1 aliphatic carbocycles. The Morgan fingerprint density at radius 2 is 1.33 bits per heavy atom. The fourth-order valence-electron chi connectivity index (χ4n) is 5.35. The van der Waals surface area contributed by atoms with Gasteiger partial charge < -0.3 is 5.11 Å². The van der Waals surface area contributed by atoms with Gasteiger partial charge >= 0.3 is 0 Å². The Morgan fingerprint density at radius 3 is 1.82 bits per heavy atom. The Bertz CT molecular complexity index is 957. The molecule has 2 fully saturated rings. The lowest BCUT2D eigenvalue weighted by Crippen LogP contribution is -2.57. The smallest absolute Gasteiger partial charge is 0.122 e. The summed E-state index contributed by atoms with van der Waals surface area (Å²) in [6.45, 7) is 4.03. The molecule has 1 saturated heterocycles. The minimum atomic E-state index is -0.813. The van der Waals surface area contributed by atoms with Crippen molar-refractivity contribution in [3.8, 4) is 0 Å². The van der Waals surface area contributed by atoms with Crippen LogP contribution in [0.4, 0.5) is 0 Å². The fraction of sp³-hybridized carbons (Fsp3) is 0.379. The third kappa shape index (κ3) is 4.15. The monoisotopic (exact) mass is 460 g/mol. The first-order valence-electron chi connectivity index (χ1n) is 11.8. The summed E-state index contributed by atoms with van der Waals surface area (Å²) in [5, 5.41) is 10.7. The molecule has 33 heavy (non-hydrogen) atoms. The molecule has 172 valence electrons. The number of thioether (sulfide) groups is 1.